The quantitative estimate of drug-likeness (QED) is 0.506. The summed E-state index contributed by atoms with van der Waals surface area (Å²) in [7, 11) is -4.21. The maximum absolute atomic E-state index is 14.6. The van der Waals surface area contributed by atoms with Gasteiger partial charge in [0, 0.05) is 47.4 Å². The second-order valence-electron chi connectivity index (χ2n) is 9.50. The molecule has 1 aromatic carbocycles. The van der Waals surface area contributed by atoms with Crippen LogP contribution in [0.3, 0.4) is 0 Å². The summed E-state index contributed by atoms with van der Waals surface area (Å²) in [5.41, 5.74) is 1.81. The fourth-order valence-electron chi connectivity index (χ4n) is 4.59. The molecule has 2 unspecified atom stereocenters. The van der Waals surface area contributed by atoms with Crippen LogP contribution < -0.4 is 10.3 Å². The molecule has 7 nitrogen and oxygen atoms in total. The van der Waals surface area contributed by atoms with E-state index in [1.807, 2.05) is 13.8 Å². The van der Waals surface area contributed by atoms with E-state index in [9.17, 15) is 22.0 Å². The van der Waals surface area contributed by atoms with Gasteiger partial charge in [-0.15, -0.1) is 11.3 Å². The van der Waals surface area contributed by atoms with Crippen molar-refractivity contribution in [3.05, 3.63) is 69.1 Å². The van der Waals surface area contributed by atoms with Crippen molar-refractivity contribution in [3.8, 4) is 10.6 Å². The number of nitrogens with zero attached hydrogens (tertiary/aromatic N) is 3. The van der Waals surface area contributed by atoms with Crippen LogP contribution in [0.25, 0.3) is 10.6 Å². The first-order valence-corrected chi connectivity index (χ1v) is 14.0. The van der Waals surface area contributed by atoms with E-state index < -0.39 is 27.0 Å². The molecule has 0 radical (unpaired) electrons. The summed E-state index contributed by atoms with van der Waals surface area (Å²) in [6.07, 6.45) is 2.49. The Bertz CT molecular complexity index is 1430. The van der Waals surface area contributed by atoms with Crippen molar-refractivity contribution in [2.45, 2.75) is 69.0 Å². The van der Waals surface area contributed by atoms with E-state index in [1.165, 1.54) is 28.3 Å². The minimum Gasteiger partial charge on any atom is -0.296 e. The van der Waals surface area contributed by atoms with Gasteiger partial charge in [-0.05, 0) is 45.2 Å². The molecule has 1 N–H and O–H groups in total. The minimum atomic E-state index is -4.21. The molecule has 1 saturated carbocycles. The second kappa shape index (κ2) is 8.86. The van der Waals surface area contributed by atoms with E-state index in [4.69, 9.17) is 0 Å². The zero-order valence-corrected chi connectivity index (χ0v) is 21.0. The highest BCUT2D eigenvalue weighted by Crippen LogP contribution is 2.45. The summed E-state index contributed by atoms with van der Waals surface area (Å²) < 4.78 is 58.4. The first-order chi connectivity index (χ1) is 16.6. The molecule has 2 atom stereocenters. The van der Waals surface area contributed by atoms with Gasteiger partial charge >= 0.3 is 0 Å². The molecule has 0 saturated heterocycles. The highest BCUT2D eigenvalue weighted by Gasteiger charge is 2.57. The van der Waals surface area contributed by atoms with Crippen LogP contribution in [-0.4, -0.2) is 34.0 Å². The van der Waals surface area contributed by atoms with E-state index in [0.29, 0.717) is 40.4 Å². The Morgan fingerprint density at radius 2 is 2.03 bits per heavy atom. The fourth-order valence-corrected chi connectivity index (χ4v) is 6.98. The number of rotatable bonds is 7. The molecule has 3 aromatic rings. The van der Waals surface area contributed by atoms with Crippen molar-refractivity contribution in [3.63, 3.8) is 0 Å². The van der Waals surface area contributed by atoms with Crippen LogP contribution in [0.15, 0.2) is 40.8 Å². The van der Waals surface area contributed by atoms with E-state index in [2.05, 4.69) is 14.7 Å². The molecule has 2 heterocycles. The standard InChI is InChI=1S/C24H26F2N4O3S2/c1-14(2)30-13-27-20-8-7-19(29-35(32,33)24(26)9-10-24)17(21(20)23(30)31)11-15-12-34-22(28-15)16-5-3-4-6-18(16)25/h3-6,12-14,17,19,29H,7-11H2,1-2H3. The Morgan fingerprint density at radius 1 is 1.29 bits per heavy atom. The lowest BCUT2D eigenvalue weighted by molar-refractivity contribution is 0.372. The van der Waals surface area contributed by atoms with Gasteiger partial charge in [0.15, 0.2) is 0 Å². The molecule has 2 aromatic heterocycles. The van der Waals surface area contributed by atoms with Crippen LogP contribution in [0.2, 0.25) is 0 Å². The number of benzene rings is 1. The van der Waals surface area contributed by atoms with Crippen LogP contribution in [0.1, 0.15) is 62.0 Å². The third-order valence-electron chi connectivity index (χ3n) is 6.74. The van der Waals surface area contributed by atoms with Gasteiger partial charge in [-0.1, -0.05) is 12.1 Å². The number of aryl methyl sites for hydroxylation is 1. The Balaban J connectivity index is 1.54. The molecule has 2 aliphatic carbocycles. The van der Waals surface area contributed by atoms with Gasteiger partial charge in [0.05, 0.1) is 17.7 Å². The summed E-state index contributed by atoms with van der Waals surface area (Å²) in [4.78, 5) is 22.5. The number of halogens is 2. The number of thiazole rings is 1. The van der Waals surface area contributed by atoms with Gasteiger partial charge in [-0.25, -0.2) is 31.9 Å². The van der Waals surface area contributed by atoms with Crippen LogP contribution in [0, 0.1) is 5.82 Å². The number of sulfonamides is 1. The number of fused-ring (bicyclic) bond motifs is 1. The molecule has 0 aliphatic heterocycles. The van der Waals surface area contributed by atoms with Crippen LogP contribution in [0.5, 0.6) is 0 Å². The molecule has 35 heavy (non-hydrogen) atoms. The van der Waals surface area contributed by atoms with Crippen molar-refractivity contribution in [2.24, 2.45) is 0 Å². The summed E-state index contributed by atoms with van der Waals surface area (Å²) in [6, 6.07) is 5.53. The molecule has 186 valence electrons. The number of nitrogens with one attached hydrogen (secondary N) is 1. The van der Waals surface area contributed by atoms with E-state index in [-0.39, 0.29) is 36.7 Å². The monoisotopic (exact) mass is 520 g/mol. The molecule has 0 bridgehead atoms. The number of hydrogen-bond acceptors (Lipinski definition) is 6. The zero-order valence-electron chi connectivity index (χ0n) is 19.4. The summed E-state index contributed by atoms with van der Waals surface area (Å²) in [5, 5.41) is 0.0396. The zero-order chi connectivity index (χ0) is 25.0. The fraction of sp³-hybridized carbons (Fsp3) is 0.458. The SMILES string of the molecule is CC(C)n1cnc2c(c1=O)C(Cc1csc(-c3ccccc3F)n1)C(NS(=O)(=O)C1(F)CC1)CC2. The number of hydrogen-bond donors (Lipinski definition) is 1. The van der Waals surface area contributed by atoms with Gasteiger partial charge in [0.2, 0.25) is 15.0 Å². The Kier molecular flexibility index (Phi) is 6.13. The van der Waals surface area contributed by atoms with Crippen molar-refractivity contribution in [1.82, 2.24) is 19.3 Å². The number of alkyl halides is 1. The summed E-state index contributed by atoms with van der Waals surface area (Å²) in [5.74, 6) is -0.971. The smallest absolute Gasteiger partial charge is 0.257 e. The summed E-state index contributed by atoms with van der Waals surface area (Å²) >= 11 is 1.28. The van der Waals surface area contributed by atoms with Crippen LogP contribution >= 0.6 is 11.3 Å². The van der Waals surface area contributed by atoms with Crippen molar-refractivity contribution in [1.29, 1.82) is 0 Å². The topological polar surface area (TPSA) is 93.9 Å². The van der Waals surface area contributed by atoms with E-state index in [1.54, 1.807) is 23.6 Å². The minimum absolute atomic E-state index is 0.0316. The lowest BCUT2D eigenvalue weighted by Crippen LogP contribution is -2.48. The molecule has 0 amide bonds. The molecule has 0 spiro atoms. The molecular weight excluding hydrogens is 494 g/mol. The lowest BCUT2D eigenvalue weighted by atomic mass is 9.80. The predicted molar refractivity (Wildman–Crippen MR) is 130 cm³/mol. The highest BCUT2D eigenvalue weighted by molar-refractivity contribution is 7.91. The first kappa shape index (κ1) is 24.2. The maximum atomic E-state index is 14.6. The first-order valence-electron chi connectivity index (χ1n) is 11.6. The largest absolute Gasteiger partial charge is 0.296 e. The molecular formula is C24H26F2N4O3S2. The molecule has 5 rings (SSSR count). The third-order valence-corrected chi connectivity index (χ3v) is 9.64. The molecule has 11 heteroatoms. The van der Waals surface area contributed by atoms with Crippen LogP contribution in [0.4, 0.5) is 8.78 Å². The van der Waals surface area contributed by atoms with Gasteiger partial charge in [-0.2, -0.15) is 0 Å². The average molecular weight is 521 g/mol. The predicted octanol–water partition coefficient (Wildman–Crippen LogP) is 4.11. The summed E-state index contributed by atoms with van der Waals surface area (Å²) in [6.45, 7) is 3.74. The second-order valence-corrected chi connectivity index (χ2v) is 12.3. The lowest BCUT2D eigenvalue weighted by Gasteiger charge is -2.33. The van der Waals surface area contributed by atoms with Crippen molar-refractivity contribution in [2.75, 3.05) is 0 Å². The Hall–Kier alpha value is -2.50. The third kappa shape index (κ3) is 4.45. The van der Waals surface area contributed by atoms with Gasteiger partial charge in [0.25, 0.3) is 5.56 Å². The Morgan fingerprint density at radius 3 is 2.71 bits per heavy atom. The number of aromatic nitrogens is 3. The Labute approximate surface area is 206 Å². The van der Waals surface area contributed by atoms with Crippen molar-refractivity contribution < 1.29 is 17.2 Å². The van der Waals surface area contributed by atoms with Gasteiger partial charge in [-0.3, -0.25) is 9.36 Å². The van der Waals surface area contributed by atoms with Gasteiger partial charge in [0.1, 0.15) is 10.8 Å². The van der Waals surface area contributed by atoms with Gasteiger partial charge < -0.3 is 0 Å². The van der Waals surface area contributed by atoms with E-state index >= 15 is 0 Å². The normalized spacial score (nSPS) is 21.2. The maximum Gasteiger partial charge on any atom is 0.257 e. The van der Waals surface area contributed by atoms with E-state index in [0.717, 1.165) is 0 Å². The van der Waals surface area contributed by atoms with Crippen molar-refractivity contribution >= 4 is 21.4 Å². The van der Waals surface area contributed by atoms with Crippen LogP contribution in [-0.2, 0) is 22.9 Å². The highest BCUT2D eigenvalue weighted by atomic mass is 32.2. The molecule has 1 fully saturated rings. The molecule has 2 aliphatic rings. The average Bonchev–Trinajstić information content (AvgIpc) is 3.41.